The van der Waals surface area contributed by atoms with Crippen molar-refractivity contribution in [2.45, 2.75) is 25.5 Å². The number of aliphatic carboxylic acids is 1. The van der Waals surface area contributed by atoms with E-state index in [1.54, 1.807) is 6.92 Å². The van der Waals surface area contributed by atoms with Crippen LogP contribution in [0.4, 0.5) is 0 Å². The summed E-state index contributed by atoms with van der Waals surface area (Å²) in [5, 5.41) is 11.4. The molecule has 1 fully saturated rings. The molecule has 0 unspecified atom stereocenters. The van der Waals surface area contributed by atoms with Crippen LogP contribution in [0.5, 0.6) is 0 Å². The van der Waals surface area contributed by atoms with Crippen LogP contribution in [0.1, 0.15) is 13.3 Å². The minimum absolute atomic E-state index is 0.314. The molecule has 0 aromatic rings. The first-order valence-electron chi connectivity index (χ1n) is 4.33. The van der Waals surface area contributed by atoms with Gasteiger partial charge >= 0.3 is 11.9 Å². The fourth-order valence-electron chi connectivity index (χ4n) is 1.23. The average Bonchev–Trinajstić information content (AvgIpc) is 2.52. The van der Waals surface area contributed by atoms with E-state index < -0.39 is 18.0 Å². The summed E-state index contributed by atoms with van der Waals surface area (Å²) in [4.78, 5) is 21.6. The fourth-order valence-corrected chi connectivity index (χ4v) is 1.23. The molecule has 1 aliphatic heterocycles. The number of hydrogen-bond donors (Lipinski definition) is 2. The maximum Gasteiger partial charge on any atom is 0.333 e. The standard InChI is InChI=1S/C9H13NO4/c1-5(2)9(13)14-6-3-7(8(11)12)10-4-6/h6-7,10H,1,3-4H2,2H3,(H,11,12)/t6-,7-/m1/s1. The number of esters is 1. The molecule has 5 heteroatoms. The molecule has 1 rings (SSSR count). The zero-order valence-corrected chi connectivity index (χ0v) is 7.95. The molecular weight excluding hydrogens is 186 g/mol. The fraction of sp³-hybridized carbons (Fsp3) is 0.556. The van der Waals surface area contributed by atoms with Crippen LogP contribution in [-0.4, -0.2) is 35.7 Å². The summed E-state index contributed by atoms with van der Waals surface area (Å²) in [6.07, 6.45) is -0.0470. The highest BCUT2D eigenvalue weighted by atomic mass is 16.5. The van der Waals surface area contributed by atoms with Gasteiger partial charge in [-0.25, -0.2) is 4.79 Å². The maximum atomic E-state index is 11.1. The van der Waals surface area contributed by atoms with Crippen LogP contribution < -0.4 is 5.32 Å². The molecule has 2 N–H and O–H groups in total. The van der Waals surface area contributed by atoms with Crippen LogP contribution >= 0.6 is 0 Å². The van der Waals surface area contributed by atoms with E-state index >= 15 is 0 Å². The Balaban J connectivity index is 2.40. The second kappa shape index (κ2) is 4.23. The van der Waals surface area contributed by atoms with Gasteiger partial charge in [-0.3, -0.25) is 4.79 Å². The van der Waals surface area contributed by atoms with Gasteiger partial charge in [-0.05, 0) is 6.92 Å². The van der Waals surface area contributed by atoms with E-state index in [4.69, 9.17) is 9.84 Å². The van der Waals surface area contributed by atoms with Gasteiger partial charge in [0.05, 0.1) is 0 Å². The molecule has 1 heterocycles. The number of hydrogen-bond acceptors (Lipinski definition) is 4. The molecule has 0 saturated carbocycles. The maximum absolute atomic E-state index is 11.1. The van der Waals surface area contributed by atoms with Crippen molar-refractivity contribution in [2.75, 3.05) is 6.54 Å². The monoisotopic (exact) mass is 199 g/mol. The van der Waals surface area contributed by atoms with Crippen LogP contribution in [0.2, 0.25) is 0 Å². The topological polar surface area (TPSA) is 75.6 Å². The molecule has 0 radical (unpaired) electrons. The highest BCUT2D eigenvalue weighted by molar-refractivity contribution is 5.87. The Kier molecular flexibility index (Phi) is 3.24. The molecule has 5 nitrogen and oxygen atoms in total. The summed E-state index contributed by atoms with van der Waals surface area (Å²) in [5.41, 5.74) is 0.323. The molecule has 78 valence electrons. The van der Waals surface area contributed by atoms with Crippen molar-refractivity contribution in [3.05, 3.63) is 12.2 Å². The Labute approximate surface area is 81.7 Å². The minimum atomic E-state index is -0.918. The summed E-state index contributed by atoms with van der Waals surface area (Å²) in [5.74, 6) is -1.39. The Morgan fingerprint density at radius 1 is 1.57 bits per heavy atom. The second-order valence-corrected chi connectivity index (χ2v) is 3.34. The van der Waals surface area contributed by atoms with Gasteiger partial charge in [0.1, 0.15) is 12.1 Å². The van der Waals surface area contributed by atoms with Crippen LogP contribution in [0.15, 0.2) is 12.2 Å². The number of carboxylic acid groups (broad SMARTS) is 1. The molecule has 0 amide bonds. The van der Waals surface area contributed by atoms with E-state index in [1.807, 2.05) is 0 Å². The average molecular weight is 199 g/mol. The van der Waals surface area contributed by atoms with Gasteiger partial charge in [-0.1, -0.05) is 6.58 Å². The van der Waals surface area contributed by atoms with Crippen molar-refractivity contribution in [2.24, 2.45) is 0 Å². The summed E-state index contributed by atoms with van der Waals surface area (Å²) in [6, 6.07) is -0.613. The van der Waals surface area contributed by atoms with Gasteiger partial charge in [0, 0.05) is 18.5 Å². The molecule has 0 bridgehead atoms. The molecule has 0 aromatic heterocycles. The molecular formula is C9H13NO4. The molecule has 1 aliphatic rings. The second-order valence-electron chi connectivity index (χ2n) is 3.34. The summed E-state index contributed by atoms with van der Waals surface area (Å²) >= 11 is 0. The predicted molar refractivity (Wildman–Crippen MR) is 48.7 cm³/mol. The summed E-state index contributed by atoms with van der Waals surface area (Å²) in [7, 11) is 0. The van der Waals surface area contributed by atoms with Gasteiger partial charge in [-0.15, -0.1) is 0 Å². The highest BCUT2D eigenvalue weighted by Crippen LogP contribution is 2.11. The number of carbonyl (C=O) groups is 2. The lowest BCUT2D eigenvalue weighted by Crippen LogP contribution is -2.30. The largest absolute Gasteiger partial charge is 0.480 e. The van der Waals surface area contributed by atoms with Crippen molar-refractivity contribution in [1.29, 1.82) is 0 Å². The van der Waals surface area contributed by atoms with Crippen molar-refractivity contribution in [3.63, 3.8) is 0 Å². The third kappa shape index (κ3) is 2.56. The third-order valence-electron chi connectivity index (χ3n) is 2.01. The zero-order valence-electron chi connectivity index (χ0n) is 7.95. The molecule has 14 heavy (non-hydrogen) atoms. The number of nitrogens with one attached hydrogen (secondary N) is 1. The van der Waals surface area contributed by atoms with Gasteiger partial charge in [0.25, 0.3) is 0 Å². The Bertz CT molecular complexity index is 274. The Morgan fingerprint density at radius 2 is 2.21 bits per heavy atom. The van der Waals surface area contributed by atoms with Gasteiger partial charge in [-0.2, -0.15) is 0 Å². The SMILES string of the molecule is C=C(C)C(=O)O[C@H]1CN[C@@H](C(=O)O)C1. The smallest absolute Gasteiger partial charge is 0.333 e. The summed E-state index contributed by atoms with van der Waals surface area (Å²) in [6.45, 7) is 5.38. The molecule has 1 saturated heterocycles. The van der Waals surface area contributed by atoms with Crippen molar-refractivity contribution in [3.8, 4) is 0 Å². The van der Waals surface area contributed by atoms with Gasteiger partial charge in [0.15, 0.2) is 0 Å². The number of ether oxygens (including phenoxy) is 1. The molecule has 0 aliphatic carbocycles. The van der Waals surface area contributed by atoms with E-state index in [0.29, 0.717) is 18.5 Å². The minimum Gasteiger partial charge on any atom is -0.480 e. The van der Waals surface area contributed by atoms with Crippen LogP contribution in [0, 0.1) is 0 Å². The van der Waals surface area contributed by atoms with Gasteiger partial charge in [0.2, 0.25) is 0 Å². The lowest BCUT2D eigenvalue weighted by molar-refractivity contribution is -0.145. The lowest BCUT2D eigenvalue weighted by Gasteiger charge is -2.10. The van der Waals surface area contributed by atoms with Crippen LogP contribution in [0.25, 0.3) is 0 Å². The molecule has 2 atom stereocenters. The van der Waals surface area contributed by atoms with E-state index in [0.717, 1.165) is 0 Å². The molecule has 0 spiro atoms. The van der Waals surface area contributed by atoms with Crippen LogP contribution in [0.3, 0.4) is 0 Å². The van der Waals surface area contributed by atoms with E-state index in [2.05, 4.69) is 11.9 Å². The third-order valence-corrected chi connectivity index (χ3v) is 2.01. The number of carbonyl (C=O) groups excluding carboxylic acids is 1. The number of rotatable bonds is 3. The lowest BCUT2D eigenvalue weighted by atomic mass is 10.2. The molecule has 0 aromatic carbocycles. The Morgan fingerprint density at radius 3 is 2.64 bits per heavy atom. The van der Waals surface area contributed by atoms with Crippen molar-refractivity contribution in [1.82, 2.24) is 5.32 Å². The number of carboxylic acids is 1. The summed E-state index contributed by atoms with van der Waals surface area (Å²) < 4.78 is 4.99. The van der Waals surface area contributed by atoms with Crippen molar-refractivity contribution < 1.29 is 19.4 Å². The normalized spacial score (nSPS) is 25.8. The zero-order chi connectivity index (χ0) is 10.7. The van der Waals surface area contributed by atoms with E-state index in [1.165, 1.54) is 0 Å². The van der Waals surface area contributed by atoms with Crippen molar-refractivity contribution >= 4 is 11.9 Å². The first-order chi connectivity index (χ1) is 6.50. The predicted octanol–water partition coefficient (Wildman–Crippen LogP) is -0.0792. The van der Waals surface area contributed by atoms with Gasteiger partial charge < -0.3 is 15.2 Å². The van der Waals surface area contributed by atoms with E-state index in [-0.39, 0.29) is 6.10 Å². The first kappa shape index (κ1) is 10.7. The van der Waals surface area contributed by atoms with E-state index in [9.17, 15) is 9.59 Å². The Hall–Kier alpha value is -1.36. The quantitative estimate of drug-likeness (QED) is 0.491. The first-order valence-corrected chi connectivity index (χ1v) is 4.33. The highest BCUT2D eigenvalue weighted by Gasteiger charge is 2.31. The van der Waals surface area contributed by atoms with Crippen LogP contribution in [-0.2, 0) is 14.3 Å².